The van der Waals surface area contributed by atoms with Crippen LogP contribution in [0.4, 0.5) is 17.6 Å². The van der Waals surface area contributed by atoms with Crippen LogP contribution in [-0.4, -0.2) is 18.9 Å². The lowest BCUT2D eigenvalue weighted by Gasteiger charge is -2.68. The number of alkyl halides is 6. The Balaban J connectivity index is 2.65. The molecule has 80 valence electrons. The molecule has 0 saturated heterocycles. The van der Waals surface area contributed by atoms with E-state index in [4.69, 9.17) is 23.2 Å². The van der Waals surface area contributed by atoms with E-state index in [1.807, 2.05) is 0 Å². The van der Waals surface area contributed by atoms with Gasteiger partial charge in [-0.3, -0.25) is 0 Å². The number of fused-ring (bicyclic) bond motifs is 1. The lowest BCUT2D eigenvalue weighted by molar-refractivity contribution is -0.0817. The van der Waals surface area contributed by atoms with Crippen LogP contribution in [-0.2, 0) is 0 Å². The lowest BCUT2D eigenvalue weighted by Crippen LogP contribution is -2.88. The van der Waals surface area contributed by atoms with Gasteiger partial charge in [0, 0.05) is 0 Å². The molecule has 0 aromatic carbocycles. The molecule has 2 aliphatic rings. The molecule has 2 unspecified atom stereocenters. The summed E-state index contributed by atoms with van der Waals surface area (Å²) in [6.07, 6.45) is 0. The van der Waals surface area contributed by atoms with Gasteiger partial charge < -0.3 is 0 Å². The van der Waals surface area contributed by atoms with E-state index in [1.165, 1.54) is 0 Å². The van der Waals surface area contributed by atoms with Crippen molar-refractivity contribution in [3.8, 4) is 0 Å². The summed E-state index contributed by atoms with van der Waals surface area (Å²) >= 11 is 15.3. The molecule has 0 radical (unpaired) electrons. The molecule has 0 nitrogen and oxygen atoms in total. The van der Waals surface area contributed by atoms with Crippen LogP contribution in [0.5, 0.6) is 0 Å². The molecule has 1 saturated carbocycles. The van der Waals surface area contributed by atoms with Crippen LogP contribution in [0.1, 0.15) is 0 Å². The molecule has 0 aliphatic heterocycles. The Labute approximate surface area is 103 Å². The zero-order valence-electron chi connectivity index (χ0n) is 6.02. The third-order valence-corrected chi connectivity index (χ3v) is 7.32. The minimum atomic E-state index is -2.99. The molecule has 0 bridgehead atoms. The summed E-state index contributed by atoms with van der Waals surface area (Å²) in [5.74, 6) is -3.16. The van der Waals surface area contributed by atoms with Crippen LogP contribution < -0.4 is 0 Å². The highest BCUT2D eigenvalue weighted by Gasteiger charge is 2.98. The van der Waals surface area contributed by atoms with Gasteiger partial charge in [0.25, 0.3) is 0 Å². The number of allylic oxidation sites excluding steroid dienone is 2. The Morgan fingerprint density at radius 3 is 1.29 bits per heavy atom. The molecule has 0 heterocycles. The highest BCUT2D eigenvalue weighted by atomic mass is 79.9. The number of halogens is 8. The van der Waals surface area contributed by atoms with E-state index >= 15 is 0 Å². The van der Waals surface area contributed by atoms with Crippen molar-refractivity contribution in [2.45, 2.75) is 18.9 Å². The zero-order valence-corrected chi connectivity index (χ0v) is 10.7. The first-order valence-electron chi connectivity index (χ1n) is 3.26. The molecule has 2 rings (SSSR count). The third kappa shape index (κ3) is 0.666. The van der Waals surface area contributed by atoms with Gasteiger partial charge in [0.1, 0.15) is 0 Å². The minimum Gasteiger partial charge on any atom is -0.224 e. The van der Waals surface area contributed by atoms with Crippen LogP contribution in [0.3, 0.4) is 0 Å². The highest BCUT2D eigenvalue weighted by molar-refractivity contribution is 9.13. The monoisotopic (exact) mass is 376 g/mol. The van der Waals surface area contributed by atoms with Gasteiger partial charge in [-0.25, -0.2) is 17.6 Å². The molecule has 0 aromatic rings. The third-order valence-electron chi connectivity index (χ3n) is 2.53. The van der Waals surface area contributed by atoms with Crippen LogP contribution in [0.15, 0.2) is 11.7 Å². The summed E-state index contributed by atoms with van der Waals surface area (Å²) < 4.78 is 47.0. The number of hydrogen-bond acceptors (Lipinski definition) is 0. The van der Waals surface area contributed by atoms with Gasteiger partial charge in [-0.1, -0.05) is 0 Å². The fraction of sp³-hybridized carbons (Fsp3) is 0.667. The van der Waals surface area contributed by atoms with E-state index in [-0.39, 0.29) is 0 Å². The first kappa shape index (κ1) is 11.5. The van der Waals surface area contributed by atoms with Crippen LogP contribution in [0, 0.1) is 0 Å². The molecule has 1 fully saturated rings. The predicted octanol–water partition coefficient (Wildman–Crippen LogP) is 4.24. The smallest absolute Gasteiger partial charge is 0.224 e. The molecule has 4 atom stereocenters. The van der Waals surface area contributed by atoms with E-state index in [1.54, 1.807) is 0 Å². The van der Waals surface area contributed by atoms with Gasteiger partial charge in [-0.05, 0) is 31.9 Å². The molecule has 14 heavy (non-hydrogen) atoms. The van der Waals surface area contributed by atoms with E-state index in [2.05, 4.69) is 31.9 Å². The Bertz CT molecular complexity index is 335. The SMILES string of the molecule is FC1=C(F)C2(Cl)C1(Cl)[C@](F)(Br)[C@]2(F)Br. The molecular weight excluding hydrogens is 379 g/mol. The first-order chi connectivity index (χ1) is 6.07. The van der Waals surface area contributed by atoms with Crippen LogP contribution >= 0.6 is 55.1 Å². The van der Waals surface area contributed by atoms with Crippen molar-refractivity contribution in [1.82, 2.24) is 0 Å². The summed E-state index contributed by atoms with van der Waals surface area (Å²) in [6.45, 7) is 0. The minimum absolute atomic E-state index is 1.58. The summed E-state index contributed by atoms with van der Waals surface area (Å²) in [5, 5.41) is 0. The van der Waals surface area contributed by atoms with Gasteiger partial charge in [-0.15, -0.1) is 23.2 Å². The standard InChI is InChI=1S/C6Br2Cl2F4/c7-5(13)3(9)1(11)2(12)4(3,10)6(5,8)14/t3?,4?,5-,6+. The lowest BCUT2D eigenvalue weighted by atomic mass is 9.59. The summed E-state index contributed by atoms with van der Waals surface area (Å²) in [7, 11) is 0. The van der Waals surface area contributed by atoms with E-state index < -0.39 is 30.6 Å². The fourth-order valence-corrected chi connectivity index (χ4v) is 4.47. The number of hydrogen-bond donors (Lipinski definition) is 0. The van der Waals surface area contributed by atoms with Gasteiger partial charge in [0.2, 0.25) is 9.16 Å². The quantitative estimate of drug-likeness (QED) is 0.437. The van der Waals surface area contributed by atoms with Crippen molar-refractivity contribution >= 4 is 55.1 Å². The van der Waals surface area contributed by atoms with Gasteiger partial charge >= 0.3 is 0 Å². The molecule has 0 amide bonds. The molecular formula is C6Br2Cl2F4. The van der Waals surface area contributed by atoms with Gasteiger partial charge in [-0.2, -0.15) is 0 Å². The van der Waals surface area contributed by atoms with Crippen LogP contribution in [0.25, 0.3) is 0 Å². The van der Waals surface area contributed by atoms with Crippen molar-refractivity contribution in [3.05, 3.63) is 11.7 Å². The molecule has 0 N–H and O–H groups in total. The maximum Gasteiger partial charge on any atom is 0.238 e. The Morgan fingerprint density at radius 1 is 0.857 bits per heavy atom. The highest BCUT2D eigenvalue weighted by Crippen LogP contribution is 2.83. The molecule has 8 heteroatoms. The average Bonchev–Trinajstić information content (AvgIpc) is 2.11. The van der Waals surface area contributed by atoms with Crippen LogP contribution in [0.2, 0.25) is 0 Å². The number of rotatable bonds is 0. The van der Waals surface area contributed by atoms with Gasteiger partial charge in [0.05, 0.1) is 0 Å². The van der Waals surface area contributed by atoms with Crippen molar-refractivity contribution in [1.29, 1.82) is 0 Å². The molecule has 0 aromatic heterocycles. The van der Waals surface area contributed by atoms with Crippen molar-refractivity contribution in [2.75, 3.05) is 0 Å². The molecule has 0 spiro atoms. The second kappa shape index (κ2) is 2.46. The van der Waals surface area contributed by atoms with Crippen molar-refractivity contribution < 1.29 is 17.6 Å². The fourth-order valence-electron chi connectivity index (χ4n) is 1.62. The maximum absolute atomic E-state index is 13.6. The summed E-state index contributed by atoms with van der Waals surface area (Å²) in [6, 6.07) is 0. The second-order valence-corrected chi connectivity index (χ2v) is 6.41. The largest absolute Gasteiger partial charge is 0.238 e. The van der Waals surface area contributed by atoms with E-state index in [0.29, 0.717) is 0 Å². The summed E-state index contributed by atoms with van der Waals surface area (Å²) in [5.41, 5.74) is 0. The topological polar surface area (TPSA) is 0 Å². The van der Waals surface area contributed by atoms with Crippen molar-refractivity contribution in [2.24, 2.45) is 0 Å². The second-order valence-electron chi connectivity index (χ2n) is 3.09. The summed E-state index contributed by atoms with van der Waals surface area (Å²) in [4.78, 5) is -5.08. The first-order valence-corrected chi connectivity index (χ1v) is 5.60. The van der Waals surface area contributed by atoms with E-state index in [0.717, 1.165) is 0 Å². The Hall–Kier alpha value is 1.000. The maximum atomic E-state index is 13.6. The van der Waals surface area contributed by atoms with Crippen molar-refractivity contribution in [3.63, 3.8) is 0 Å². The Kier molecular flexibility index (Phi) is 2.02. The Morgan fingerprint density at radius 2 is 1.07 bits per heavy atom. The molecule has 2 aliphatic carbocycles. The van der Waals surface area contributed by atoms with E-state index in [9.17, 15) is 17.6 Å². The van der Waals surface area contributed by atoms with Gasteiger partial charge in [0.15, 0.2) is 21.4 Å². The average molecular weight is 379 g/mol. The zero-order chi connectivity index (χ0) is 11.2. The normalized spacial score (nSPS) is 61.7. The predicted molar refractivity (Wildman–Crippen MR) is 51.9 cm³/mol.